The minimum atomic E-state index is -2.89. The Balaban J connectivity index is 1.77. The van der Waals surface area contributed by atoms with Crippen LogP contribution >= 0.6 is 0 Å². The van der Waals surface area contributed by atoms with E-state index in [1.54, 1.807) is 6.07 Å². The van der Waals surface area contributed by atoms with E-state index in [2.05, 4.69) is 26.9 Å². The molecule has 1 aliphatic heterocycles. The fraction of sp³-hybridized carbons (Fsp3) is 0.533. The summed E-state index contributed by atoms with van der Waals surface area (Å²) < 4.78 is 28.6. The van der Waals surface area contributed by atoms with E-state index < -0.39 is 6.61 Å². The largest absolute Gasteiger partial charge is 0.435 e. The minimum Gasteiger partial charge on any atom is -0.435 e. The second kappa shape index (κ2) is 8.05. The summed E-state index contributed by atoms with van der Waals surface area (Å²) in [6, 6.07) is 5.81. The maximum Gasteiger partial charge on any atom is 0.387 e. The molecule has 2 rings (SSSR count). The molecule has 1 aliphatic rings. The highest BCUT2D eigenvalue weighted by Gasteiger charge is 2.14. The van der Waals surface area contributed by atoms with Crippen molar-refractivity contribution < 1.29 is 18.3 Å². The number of halogens is 2. The van der Waals surface area contributed by atoms with Gasteiger partial charge in [0.1, 0.15) is 5.75 Å². The molecule has 0 atom stereocenters. The van der Waals surface area contributed by atoms with Crippen LogP contribution in [-0.2, 0) is 0 Å². The molecule has 0 unspecified atom stereocenters. The molecular weight excluding hydrogens is 292 g/mol. The number of likely N-dealkylation sites (N-methyl/N-ethyl adjacent to an activating group) is 1. The van der Waals surface area contributed by atoms with Crippen molar-refractivity contribution in [1.29, 1.82) is 0 Å². The second-order valence-corrected chi connectivity index (χ2v) is 5.31. The zero-order valence-corrected chi connectivity index (χ0v) is 12.6. The Morgan fingerprint density at radius 2 is 2.05 bits per heavy atom. The predicted molar refractivity (Wildman–Crippen MR) is 79.3 cm³/mol. The molecule has 122 valence electrons. The summed E-state index contributed by atoms with van der Waals surface area (Å²) in [6.45, 7) is 2.46. The number of rotatable bonds is 6. The third kappa shape index (κ3) is 5.23. The monoisotopic (exact) mass is 313 g/mol. The van der Waals surface area contributed by atoms with Gasteiger partial charge in [-0.2, -0.15) is 8.78 Å². The van der Waals surface area contributed by atoms with Crippen LogP contribution < -0.4 is 10.1 Å². The lowest BCUT2D eigenvalue weighted by atomic mass is 10.2. The van der Waals surface area contributed by atoms with Gasteiger partial charge in [-0.1, -0.05) is 6.07 Å². The van der Waals surface area contributed by atoms with Crippen LogP contribution in [0.4, 0.5) is 8.78 Å². The van der Waals surface area contributed by atoms with Crippen molar-refractivity contribution in [3.63, 3.8) is 0 Å². The van der Waals surface area contributed by atoms with Gasteiger partial charge >= 0.3 is 6.61 Å². The molecular formula is C15H21F2N3O2. The van der Waals surface area contributed by atoms with Crippen LogP contribution in [0.15, 0.2) is 24.3 Å². The zero-order chi connectivity index (χ0) is 15.9. The highest BCUT2D eigenvalue weighted by atomic mass is 19.3. The summed E-state index contributed by atoms with van der Waals surface area (Å²) in [6.07, 6.45) is 0. The summed E-state index contributed by atoms with van der Waals surface area (Å²) >= 11 is 0. The van der Waals surface area contributed by atoms with Gasteiger partial charge < -0.3 is 15.0 Å². The second-order valence-electron chi connectivity index (χ2n) is 5.31. The number of carbonyl (C=O) groups is 1. The fourth-order valence-electron chi connectivity index (χ4n) is 2.31. The summed E-state index contributed by atoms with van der Waals surface area (Å²) in [5, 5.41) is 2.80. The van der Waals surface area contributed by atoms with Crippen molar-refractivity contribution in [3.05, 3.63) is 29.8 Å². The first-order valence-electron chi connectivity index (χ1n) is 7.28. The average molecular weight is 313 g/mol. The Morgan fingerprint density at radius 3 is 2.73 bits per heavy atom. The van der Waals surface area contributed by atoms with Crippen LogP contribution in [0.3, 0.4) is 0 Å². The smallest absolute Gasteiger partial charge is 0.387 e. The number of ether oxygens (including phenoxy) is 1. The van der Waals surface area contributed by atoms with E-state index in [0.29, 0.717) is 12.1 Å². The average Bonchev–Trinajstić information content (AvgIpc) is 2.49. The van der Waals surface area contributed by atoms with Crippen molar-refractivity contribution in [2.24, 2.45) is 0 Å². The molecule has 1 fully saturated rings. The number of alkyl halides is 2. The molecule has 1 amide bonds. The molecule has 22 heavy (non-hydrogen) atoms. The molecule has 0 saturated carbocycles. The molecule has 1 N–H and O–H groups in total. The summed E-state index contributed by atoms with van der Waals surface area (Å²) in [5.74, 6) is -0.296. The number of piperazine rings is 1. The Hall–Kier alpha value is -1.73. The third-order valence-corrected chi connectivity index (χ3v) is 3.63. The van der Waals surface area contributed by atoms with Gasteiger partial charge in [0, 0.05) is 44.8 Å². The van der Waals surface area contributed by atoms with E-state index in [1.165, 1.54) is 18.2 Å². The molecule has 1 aromatic carbocycles. The van der Waals surface area contributed by atoms with Gasteiger partial charge in [-0.05, 0) is 25.2 Å². The fourth-order valence-corrected chi connectivity index (χ4v) is 2.31. The molecule has 5 nitrogen and oxygen atoms in total. The first kappa shape index (κ1) is 16.6. The highest BCUT2D eigenvalue weighted by Crippen LogP contribution is 2.15. The molecule has 1 saturated heterocycles. The molecule has 1 heterocycles. The number of hydrogen-bond acceptors (Lipinski definition) is 4. The van der Waals surface area contributed by atoms with Gasteiger partial charge in [-0.15, -0.1) is 0 Å². The molecule has 0 bridgehead atoms. The Kier molecular flexibility index (Phi) is 6.09. The maximum atomic E-state index is 12.2. The quantitative estimate of drug-likeness (QED) is 0.859. The lowest BCUT2D eigenvalue weighted by molar-refractivity contribution is -0.0498. The normalized spacial score (nSPS) is 16.7. The van der Waals surface area contributed by atoms with E-state index >= 15 is 0 Å². The van der Waals surface area contributed by atoms with Crippen LogP contribution in [0.2, 0.25) is 0 Å². The lowest BCUT2D eigenvalue weighted by Crippen LogP contribution is -2.46. The number of benzene rings is 1. The molecule has 7 heteroatoms. The van der Waals surface area contributed by atoms with Crippen molar-refractivity contribution in [2.75, 3.05) is 46.3 Å². The van der Waals surface area contributed by atoms with Crippen molar-refractivity contribution in [3.8, 4) is 5.75 Å². The number of nitrogens with one attached hydrogen (secondary N) is 1. The molecule has 1 aromatic rings. The van der Waals surface area contributed by atoms with Crippen molar-refractivity contribution >= 4 is 5.91 Å². The number of hydrogen-bond donors (Lipinski definition) is 1. The van der Waals surface area contributed by atoms with Crippen LogP contribution in [-0.4, -0.2) is 68.6 Å². The maximum absolute atomic E-state index is 12.2. The molecule has 0 aliphatic carbocycles. The van der Waals surface area contributed by atoms with E-state index in [0.717, 1.165) is 32.7 Å². The predicted octanol–water partition coefficient (Wildman–Crippen LogP) is 1.27. The van der Waals surface area contributed by atoms with Gasteiger partial charge in [0.2, 0.25) is 0 Å². The van der Waals surface area contributed by atoms with E-state index in [9.17, 15) is 13.6 Å². The number of carbonyl (C=O) groups excluding carboxylic acids is 1. The molecule has 0 aromatic heterocycles. The van der Waals surface area contributed by atoms with E-state index in [-0.39, 0.29) is 11.7 Å². The van der Waals surface area contributed by atoms with Crippen LogP contribution in [0.25, 0.3) is 0 Å². The lowest BCUT2D eigenvalue weighted by Gasteiger charge is -2.32. The summed E-state index contributed by atoms with van der Waals surface area (Å²) in [7, 11) is 2.09. The molecule has 0 radical (unpaired) electrons. The van der Waals surface area contributed by atoms with E-state index in [1.807, 2.05) is 0 Å². The number of amides is 1. The third-order valence-electron chi connectivity index (χ3n) is 3.63. The SMILES string of the molecule is CN1CCN(CCNC(=O)c2cccc(OC(F)F)c2)CC1. The minimum absolute atomic E-state index is 0.0123. The van der Waals surface area contributed by atoms with Crippen LogP contribution in [0.1, 0.15) is 10.4 Å². The zero-order valence-electron chi connectivity index (χ0n) is 12.6. The van der Waals surface area contributed by atoms with Gasteiger partial charge in [-0.3, -0.25) is 9.69 Å². The topological polar surface area (TPSA) is 44.8 Å². The Labute approximate surface area is 128 Å². The summed E-state index contributed by atoms with van der Waals surface area (Å²) in [5.41, 5.74) is 0.316. The van der Waals surface area contributed by atoms with Crippen LogP contribution in [0.5, 0.6) is 5.75 Å². The van der Waals surface area contributed by atoms with Crippen molar-refractivity contribution in [2.45, 2.75) is 6.61 Å². The van der Waals surface area contributed by atoms with Gasteiger partial charge in [0.25, 0.3) is 5.91 Å². The standard InChI is InChI=1S/C15H21F2N3O2/c1-19-7-9-20(10-8-19)6-5-18-14(21)12-3-2-4-13(11-12)22-15(16)17/h2-4,11,15H,5-10H2,1H3,(H,18,21). The van der Waals surface area contributed by atoms with Crippen molar-refractivity contribution in [1.82, 2.24) is 15.1 Å². The van der Waals surface area contributed by atoms with E-state index in [4.69, 9.17) is 0 Å². The molecule has 0 spiro atoms. The summed E-state index contributed by atoms with van der Waals surface area (Å²) in [4.78, 5) is 16.6. The number of nitrogens with zero attached hydrogens (tertiary/aromatic N) is 2. The Morgan fingerprint density at radius 1 is 1.32 bits per heavy atom. The Bertz CT molecular complexity index is 491. The van der Waals surface area contributed by atoms with Crippen LogP contribution in [0, 0.1) is 0 Å². The van der Waals surface area contributed by atoms with Gasteiger partial charge in [0.15, 0.2) is 0 Å². The highest BCUT2D eigenvalue weighted by molar-refractivity contribution is 5.94. The first-order chi connectivity index (χ1) is 10.5. The first-order valence-corrected chi connectivity index (χ1v) is 7.28. The van der Waals surface area contributed by atoms with Gasteiger partial charge in [-0.25, -0.2) is 0 Å². The van der Waals surface area contributed by atoms with Gasteiger partial charge in [0.05, 0.1) is 0 Å².